The van der Waals surface area contributed by atoms with Crippen molar-refractivity contribution in [2.45, 2.75) is 23.9 Å². The molecule has 3 aromatic carbocycles. The summed E-state index contributed by atoms with van der Waals surface area (Å²) in [5.74, 6) is 0. The van der Waals surface area contributed by atoms with Crippen LogP contribution < -0.4 is 0 Å². The highest BCUT2D eigenvalue weighted by Gasteiger charge is 2.56. The molecule has 0 bridgehead atoms. The van der Waals surface area contributed by atoms with E-state index in [1.807, 2.05) is 37.3 Å². The third kappa shape index (κ3) is 3.19. The van der Waals surface area contributed by atoms with Crippen molar-refractivity contribution in [1.29, 1.82) is 0 Å². The van der Waals surface area contributed by atoms with E-state index in [4.69, 9.17) is 0 Å². The molecule has 0 N–H and O–H groups in total. The summed E-state index contributed by atoms with van der Waals surface area (Å²) in [6.07, 6.45) is 0. The molecule has 28 heavy (non-hydrogen) atoms. The number of nitro groups is 1. The fourth-order valence-corrected chi connectivity index (χ4v) is 5.19. The molecule has 0 saturated carbocycles. The van der Waals surface area contributed by atoms with Gasteiger partial charge in [-0.3, -0.25) is 10.1 Å². The Balaban J connectivity index is 1.75. The van der Waals surface area contributed by atoms with E-state index < -0.39 is 21.0 Å². The van der Waals surface area contributed by atoms with Crippen molar-refractivity contribution in [3.05, 3.63) is 106 Å². The summed E-state index contributed by atoms with van der Waals surface area (Å²) in [6, 6.07) is 21.5. The summed E-state index contributed by atoms with van der Waals surface area (Å²) in [5.41, 5.74) is 2.58. The van der Waals surface area contributed by atoms with Crippen LogP contribution in [0.25, 0.3) is 0 Å². The van der Waals surface area contributed by atoms with E-state index in [2.05, 4.69) is 0 Å². The van der Waals surface area contributed by atoms with Crippen LogP contribution in [0.2, 0.25) is 0 Å². The van der Waals surface area contributed by atoms with E-state index in [-0.39, 0.29) is 16.6 Å². The van der Waals surface area contributed by atoms with Crippen LogP contribution in [0.3, 0.4) is 0 Å². The van der Waals surface area contributed by atoms with Gasteiger partial charge in [0.15, 0.2) is 0 Å². The van der Waals surface area contributed by atoms with Gasteiger partial charge in [-0.2, -0.15) is 4.31 Å². The molecule has 0 aromatic heterocycles. The molecular weight excluding hydrogens is 376 g/mol. The van der Waals surface area contributed by atoms with Crippen LogP contribution >= 0.6 is 0 Å². The average Bonchev–Trinajstić information content (AvgIpc) is 3.46. The Hall–Kier alpha value is -3.03. The first-order valence-corrected chi connectivity index (χ1v) is 10.2. The number of rotatable bonds is 5. The number of aryl methyl sites for hydroxylation is 1. The largest absolute Gasteiger partial charge is 0.269 e. The quantitative estimate of drug-likeness (QED) is 0.365. The lowest BCUT2D eigenvalue weighted by molar-refractivity contribution is -0.384. The normalized spacial score (nSPS) is 21.2. The van der Waals surface area contributed by atoms with Crippen molar-refractivity contribution in [2.24, 2.45) is 0 Å². The lowest BCUT2D eigenvalue weighted by Crippen LogP contribution is -2.13. The fraction of sp³-hybridized carbons (Fsp3) is 0.143. The third-order valence-electron chi connectivity index (χ3n) is 4.94. The number of sulfonamides is 1. The van der Waals surface area contributed by atoms with Gasteiger partial charge in [-0.1, -0.05) is 60.2 Å². The number of hydrogen-bond acceptors (Lipinski definition) is 4. The highest BCUT2D eigenvalue weighted by Crippen LogP contribution is 2.57. The zero-order valence-corrected chi connectivity index (χ0v) is 15.9. The van der Waals surface area contributed by atoms with Crippen molar-refractivity contribution >= 4 is 15.7 Å². The van der Waals surface area contributed by atoms with Gasteiger partial charge in [-0.25, -0.2) is 8.42 Å². The van der Waals surface area contributed by atoms with Gasteiger partial charge in [0.2, 0.25) is 10.0 Å². The smallest absolute Gasteiger partial charge is 0.258 e. The molecule has 6 nitrogen and oxygen atoms in total. The first kappa shape index (κ1) is 18.3. The minimum absolute atomic E-state index is 0.0198. The molecule has 7 heteroatoms. The fourth-order valence-electron chi connectivity index (χ4n) is 3.44. The molecule has 3 atom stereocenters. The van der Waals surface area contributed by atoms with Gasteiger partial charge in [0, 0.05) is 12.1 Å². The minimum Gasteiger partial charge on any atom is -0.258 e. The van der Waals surface area contributed by atoms with Crippen molar-refractivity contribution in [1.82, 2.24) is 4.31 Å². The van der Waals surface area contributed by atoms with E-state index in [1.165, 1.54) is 16.4 Å². The summed E-state index contributed by atoms with van der Waals surface area (Å²) in [6.45, 7) is 1.90. The summed E-state index contributed by atoms with van der Waals surface area (Å²) in [4.78, 5) is 10.7. The Kier molecular flexibility index (Phi) is 4.49. The number of non-ortho nitro benzene ring substituents is 1. The third-order valence-corrected chi connectivity index (χ3v) is 6.82. The maximum atomic E-state index is 13.3. The van der Waals surface area contributed by atoms with Crippen LogP contribution in [0, 0.1) is 17.0 Å². The van der Waals surface area contributed by atoms with Crippen molar-refractivity contribution in [2.75, 3.05) is 0 Å². The molecule has 3 aromatic rings. The van der Waals surface area contributed by atoms with Crippen molar-refractivity contribution in [3.8, 4) is 0 Å². The maximum absolute atomic E-state index is 13.3. The van der Waals surface area contributed by atoms with Crippen LogP contribution in [-0.2, 0) is 10.0 Å². The molecule has 1 aliphatic heterocycles. The van der Waals surface area contributed by atoms with Gasteiger partial charge < -0.3 is 0 Å². The van der Waals surface area contributed by atoms with Gasteiger partial charge in [-0.15, -0.1) is 0 Å². The van der Waals surface area contributed by atoms with Gasteiger partial charge in [0.25, 0.3) is 5.69 Å². The van der Waals surface area contributed by atoms with Gasteiger partial charge in [-0.05, 0) is 30.2 Å². The van der Waals surface area contributed by atoms with Crippen LogP contribution in [0.15, 0.2) is 83.8 Å². The summed E-state index contributed by atoms with van der Waals surface area (Å²) in [5, 5.41) is 10.9. The number of nitrogens with zero attached hydrogens (tertiary/aromatic N) is 2. The van der Waals surface area contributed by atoms with E-state index in [9.17, 15) is 18.5 Å². The summed E-state index contributed by atoms with van der Waals surface area (Å²) in [7, 11) is -3.70. The molecule has 1 fully saturated rings. The molecule has 1 saturated heterocycles. The highest BCUT2D eigenvalue weighted by atomic mass is 32.2. The van der Waals surface area contributed by atoms with Crippen LogP contribution in [0.1, 0.15) is 28.8 Å². The topological polar surface area (TPSA) is 80.3 Å². The molecule has 1 unspecified atom stereocenters. The Morgan fingerprint density at radius 3 is 1.89 bits per heavy atom. The van der Waals surface area contributed by atoms with Crippen LogP contribution in [0.5, 0.6) is 0 Å². The predicted octanol–water partition coefficient (Wildman–Crippen LogP) is 4.39. The average molecular weight is 394 g/mol. The number of benzene rings is 3. The Bertz CT molecular complexity index is 1110. The van der Waals surface area contributed by atoms with Gasteiger partial charge in [0.05, 0.1) is 21.9 Å². The molecule has 0 aliphatic carbocycles. The number of nitro benzene ring substituents is 1. The van der Waals surface area contributed by atoms with E-state index in [1.54, 1.807) is 36.4 Å². The van der Waals surface area contributed by atoms with Gasteiger partial charge >= 0.3 is 0 Å². The van der Waals surface area contributed by atoms with E-state index in [0.717, 1.165) is 16.7 Å². The predicted molar refractivity (Wildman–Crippen MR) is 105 cm³/mol. The van der Waals surface area contributed by atoms with Crippen molar-refractivity contribution < 1.29 is 13.3 Å². The lowest BCUT2D eigenvalue weighted by atomic mass is 10.0. The monoisotopic (exact) mass is 394 g/mol. The molecule has 4 rings (SSSR count). The molecule has 0 amide bonds. The molecule has 1 heterocycles. The van der Waals surface area contributed by atoms with E-state index in [0.29, 0.717) is 0 Å². The lowest BCUT2D eigenvalue weighted by Gasteiger charge is -2.07. The van der Waals surface area contributed by atoms with E-state index >= 15 is 0 Å². The second-order valence-electron chi connectivity index (χ2n) is 6.80. The van der Waals surface area contributed by atoms with Crippen molar-refractivity contribution in [3.63, 3.8) is 0 Å². The Morgan fingerprint density at radius 1 is 0.821 bits per heavy atom. The van der Waals surface area contributed by atoms with Gasteiger partial charge in [0.1, 0.15) is 0 Å². The molecule has 0 spiro atoms. The molecule has 142 valence electrons. The molecule has 1 aliphatic rings. The molecular formula is C21H18N2O4S. The van der Waals surface area contributed by atoms with Crippen LogP contribution in [-0.4, -0.2) is 17.6 Å². The minimum atomic E-state index is -3.70. The zero-order valence-electron chi connectivity index (χ0n) is 15.1. The van der Waals surface area contributed by atoms with Crippen LogP contribution in [0.4, 0.5) is 5.69 Å². The highest BCUT2D eigenvalue weighted by molar-refractivity contribution is 7.89. The number of hydrogen-bond donors (Lipinski definition) is 0. The zero-order chi connectivity index (χ0) is 19.9. The second kappa shape index (κ2) is 6.85. The first-order chi connectivity index (χ1) is 13.4. The SMILES string of the molecule is Cc1ccc(S(=O)(=O)N2[C@@H](c3ccccc3)[C@@H]2c2ccc([N+](=O)[O-])cc2)cc1. The standard InChI is InChI=1S/C21H18N2O4S/c1-15-7-13-19(14-8-15)28(26,27)22-20(16-5-3-2-4-6-16)21(22)17-9-11-18(12-10-17)23(24)25/h2-14,20-21H,1H3/t20-,21-,22?/m0/s1. The Labute approximate surface area is 163 Å². The summed E-state index contributed by atoms with van der Waals surface area (Å²) < 4.78 is 28.0. The summed E-state index contributed by atoms with van der Waals surface area (Å²) >= 11 is 0. The second-order valence-corrected chi connectivity index (χ2v) is 8.64. The maximum Gasteiger partial charge on any atom is 0.269 e. The Morgan fingerprint density at radius 2 is 1.36 bits per heavy atom. The first-order valence-electron chi connectivity index (χ1n) is 8.79. The molecule has 0 radical (unpaired) electrons.